The summed E-state index contributed by atoms with van der Waals surface area (Å²) in [7, 11) is 0. The first-order chi connectivity index (χ1) is 8.54. The van der Waals surface area contributed by atoms with Gasteiger partial charge in [-0.1, -0.05) is 0 Å². The zero-order chi connectivity index (χ0) is 13.1. The van der Waals surface area contributed by atoms with Gasteiger partial charge in [0, 0.05) is 5.69 Å². The SMILES string of the molecule is Cc1cc(C(=O)O)cc(NCc2ncc(C)o2)n1. The number of rotatable bonds is 4. The van der Waals surface area contributed by atoms with Crippen molar-refractivity contribution < 1.29 is 14.3 Å². The smallest absolute Gasteiger partial charge is 0.335 e. The fraction of sp³-hybridized carbons (Fsp3) is 0.250. The lowest BCUT2D eigenvalue weighted by Gasteiger charge is -2.05. The van der Waals surface area contributed by atoms with Crippen molar-refractivity contribution in [3.63, 3.8) is 0 Å². The predicted molar refractivity (Wildman–Crippen MR) is 64.5 cm³/mol. The van der Waals surface area contributed by atoms with E-state index in [1.54, 1.807) is 13.1 Å². The molecule has 2 heterocycles. The normalized spacial score (nSPS) is 10.3. The molecule has 0 bridgehead atoms. The van der Waals surface area contributed by atoms with Crippen LogP contribution in [0, 0.1) is 13.8 Å². The topological polar surface area (TPSA) is 88.2 Å². The van der Waals surface area contributed by atoms with Gasteiger partial charge in [0.2, 0.25) is 5.89 Å². The minimum atomic E-state index is -0.976. The summed E-state index contributed by atoms with van der Waals surface area (Å²) in [4.78, 5) is 19.1. The molecular formula is C12H13N3O3. The minimum Gasteiger partial charge on any atom is -0.478 e. The monoisotopic (exact) mass is 247 g/mol. The molecule has 6 nitrogen and oxygen atoms in total. The van der Waals surface area contributed by atoms with Crippen molar-refractivity contribution in [1.29, 1.82) is 0 Å². The third-order valence-corrected chi connectivity index (χ3v) is 2.29. The number of oxazole rings is 1. The van der Waals surface area contributed by atoms with Gasteiger partial charge in [0.05, 0.1) is 18.3 Å². The van der Waals surface area contributed by atoms with Crippen LogP contribution in [0.2, 0.25) is 0 Å². The molecule has 0 radical (unpaired) electrons. The number of aromatic carboxylic acids is 1. The second-order valence-electron chi connectivity index (χ2n) is 3.91. The van der Waals surface area contributed by atoms with Gasteiger partial charge in [-0.2, -0.15) is 0 Å². The Morgan fingerprint density at radius 2 is 2.22 bits per heavy atom. The Bertz CT molecular complexity index is 578. The van der Waals surface area contributed by atoms with E-state index in [4.69, 9.17) is 9.52 Å². The Kier molecular flexibility index (Phi) is 3.27. The second kappa shape index (κ2) is 4.87. The Balaban J connectivity index is 2.11. The third kappa shape index (κ3) is 2.85. The van der Waals surface area contributed by atoms with Crippen LogP contribution in [-0.4, -0.2) is 21.0 Å². The van der Waals surface area contributed by atoms with E-state index in [1.807, 2.05) is 6.92 Å². The van der Waals surface area contributed by atoms with Crippen molar-refractivity contribution in [2.75, 3.05) is 5.32 Å². The molecule has 18 heavy (non-hydrogen) atoms. The molecule has 6 heteroatoms. The molecule has 0 aliphatic heterocycles. The highest BCUT2D eigenvalue weighted by Gasteiger charge is 2.07. The van der Waals surface area contributed by atoms with Crippen molar-refractivity contribution >= 4 is 11.8 Å². The van der Waals surface area contributed by atoms with Gasteiger partial charge in [0.25, 0.3) is 0 Å². The van der Waals surface area contributed by atoms with Crippen molar-refractivity contribution in [2.45, 2.75) is 20.4 Å². The highest BCUT2D eigenvalue weighted by molar-refractivity contribution is 5.88. The highest BCUT2D eigenvalue weighted by Crippen LogP contribution is 2.11. The van der Waals surface area contributed by atoms with Gasteiger partial charge in [-0.25, -0.2) is 14.8 Å². The lowest BCUT2D eigenvalue weighted by molar-refractivity contribution is 0.0696. The van der Waals surface area contributed by atoms with Gasteiger partial charge >= 0.3 is 5.97 Å². The zero-order valence-corrected chi connectivity index (χ0v) is 10.1. The minimum absolute atomic E-state index is 0.202. The third-order valence-electron chi connectivity index (χ3n) is 2.29. The Morgan fingerprint density at radius 3 is 2.83 bits per heavy atom. The quantitative estimate of drug-likeness (QED) is 0.859. The summed E-state index contributed by atoms with van der Waals surface area (Å²) in [6.07, 6.45) is 1.63. The van der Waals surface area contributed by atoms with Crippen molar-refractivity contribution in [1.82, 2.24) is 9.97 Å². The molecule has 2 rings (SSSR count). The van der Waals surface area contributed by atoms with E-state index >= 15 is 0 Å². The summed E-state index contributed by atoms with van der Waals surface area (Å²) in [5, 5.41) is 11.9. The summed E-state index contributed by atoms with van der Waals surface area (Å²) in [5.41, 5.74) is 0.842. The number of pyridine rings is 1. The number of carbonyl (C=O) groups is 1. The molecule has 94 valence electrons. The van der Waals surface area contributed by atoms with Gasteiger partial charge in [0.15, 0.2) is 0 Å². The Hall–Kier alpha value is -2.37. The van der Waals surface area contributed by atoms with Crippen molar-refractivity contribution in [3.05, 3.63) is 41.2 Å². The first kappa shape index (κ1) is 12.1. The van der Waals surface area contributed by atoms with Gasteiger partial charge in [0.1, 0.15) is 11.6 Å². The summed E-state index contributed by atoms with van der Waals surface area (Å²) >= 11 is 0. The Labute approximate surface area is 104 Å². The first-order valence-electron chi connectivity index (χ1n) is 5.42. The standard InChI is InChI=1S/C12H13N3O3/c1-7-3-9(12(16)17)4-10(15-7)13-6-11-14-5-8(2)18-11/h3-5H,6H2,1-2H3,(H,13,15)(H,16,17). The molecule has 0 saturated heterocycles. The van der Waals surface area contributed by atoms with E-state index in [0.717, 1.165) is 5.76 Å². The highest BCUT2D eigenvalue weighted by atomic mass is 16.4. The van der Waals surface area contributed by atoms with E-state index in [9.17, 15) is 4.79 Å². The predicted octanol–water partition coefficient (Wildman–Crippen LogP) is 2.00. The van der Waals surface area contributed by atoms with Crippen LogP contribution in [0.3, 0.4) is 0 Å². The molecular weight excluding hydrogens is 234 g/mol. The van der Waals surface area contributed by atoms with Crippen LogP contribution in [0.1, 0.15) is 27.7 Å². The second-order valence-corrected chi connectivity index (χ2v) is 3.91. The van der Waals surface area contributed by atoms with Crippen molar-refractivity contribution in [3.8, 4) is 0 Å². The molecule has 2 aromatic heterocycles. The summed E-state index contributed by atoms with van der Waals surface area (Å²) in [6, 6.07) is 2.99. The Morgan fingerprint density at radius 1 is 1.44 bits per heavy atom. The maximum absolute atomic E-state index is 10.9. The van der Waals surface area contributed by atoms with E-state index in [0.29, 0.717) is 23.9 Å². The molecule has 0 aliphatic rings. The van der Waals surface area contributed by atoms with Crippen molar-refractivity contribution in [2.24, 2.45) is 0 Å². The zero-order valence-electron chi connectivity index (χ0n) is 10.1. The fourth-order valence-electron chi connectivity index (χ4n) is 1.53. The molecule has 0 unspecified atom stereocenters. The first-order valence-corrected chi connectivity index (χ1v) is 5.42. The molecule has 2 N–H and O–H groups in total. The van der Waals surface area contributed by atoms with E-state index in [1.165, 1.54) is 12.1 Å². The van der Waals surface area contributed by atoms with Crippen LogP contribution >= 0.6 is 0 Å². The number of aromatic nitrogens is 2. The average molecular weight is 247 g/mol. The fourth-order valence-corrected chi connectivity index (χ4v) is 1.53. The van der Waals surface area contributed by atoms with E-state index in [-0.39, 0.29) is 5.56 Å². The molecule has 0 aromatic carbocycles. The average Bonchev–Trinajstić information content (AvgIpc) is 2.72. The van der Waals surface area contributed by atoms with Gasteiger partial charge in [-0.3, -0.25) is 0 Å². The molecule has 0 saturated carbocycles. The van der Waals surface area contributed by atoms with Gasteiger partial charge < -0.3 is 14.8 Å². The maximum Gasteiger partial charge on any atom is 0.335 e. The number of aryl methyl sites for hydroxylation is 2. The largest absolute Gasteiger partial charge is 0.478 e. The van der Waals surface area contributed by atoms with E-state index < -0.39 is 5.97 Å². The van der Waals surface area contributed by atoms with Crippen LogP contribution < -0.4 is 5.32 Å². The number of carboxylic acid groups (broad SMARTS) is 1. The number of nitrogens with one attached hydrogen (secondary N) is 1. The summed E-state index contributed by atoms with van der Waals surface area (Å²) < 4.78 is 5.30. The number of hydrogen-bond acceptors (Lipinski definition) is 5. The molecule has 0 aliphatic carbocycles. The van der Waals surface area contributed by atoms with Gasteiger partial charge in [-0.15, -0.1) is 0 Å². The summed E-state index contributed by atoms with van der Waals surface area (Å²) in [6.45, 7) is 3.92. The summed E-state index contributed by atoms with van der Waals surface area (Å²) in [5.74, 6) is 0.779. The van der Waals surface area contributed by atoms with Crippen LogP contribution in [0.5, 0.6) is 0 Å². The molecule has 0 atom stereocenters. The number of nitrogens with zero attached hydrogens (tertiary/aromatic N) is 2. The van der Waals surface area contributed by atoms with Crippen LogP contribution in [-0.2, 0) is 6.54 Å². The number of hydrogen-bond donors (Lipinski definition) is 2. The molecule has 0 spiro atoms. The number of anilines is 1. The molecule has 0 fully saturated rings. The van der Waals surface area contributed by atoms with Crippen LogP contribution in [0.4, 0.5) is 5.82 Å². The van der Waals surface area contributed by atoms with Crippen LogP contribution in [0.15, 0.2) is 22.7 Å². The lowest BCUT2D eigenvalue weighted by atomic mass is 10.2. The number of carboxylic acids is 1. The van der Waals surface area contributed by atoms with E-state index in [2.05, 4.69) is 15.3 Å². The van der Waals surface area contributed by atoms with Crippen LogP contribution in [0.25, 0.3) is 0 Å². The molecule has 0 amide bonds. The molecule has 2 aromatic rings. The van der Waals surface area contributed by atoms with Gasteiger partial charge in [-0.05, 0) is 26.0 Å². The lowest BCUT2D eigenvalue weighted by Crippen LogP contribution is -2.05. The maximum atomic E-state index is 10.9.